The molecule has 0 N–H and O–H groups in total. The summed E-state index contributed by atoms with van der Waals surface area (Å²) in [7, 11) is 0. The van der Waals surface area contributed by atoms with Crippen molar-refractivity contribution in [3.63, 3.8) is 0 Å². The molecule has 3 rings (SSSR count). The fourth-order valence-electron chi connectivity index (χ4n) is 2.70. The molecule has 1 unspecified atom stereocenters. The highest BCUT2D eigenvalue weighted by molar-refractivity contribution is 5.98. The second-order valence-electron chi connectivity index (χ2n) is 3.74. The molecule has 1 saturated heterocycles. The average Bonchev–Trinajstić information content (AvgIpc) is 2.64. The van der Waals surface area contributed by atoms with E-state index in [9.17, 15) is 9.59 Å². The van der Waals surface area contributed by atoms with E-state index in [1.165, 1.54) is 0 Å². The highest BCUT2D eigenvalue weighted by Crippen LogP contribution is 2.51. The van der Waals surface area contributed by atoms with Crippen LogP contribution in [-0.2, 0) is 14.3 Å². The summed E-state index contributed by atoms with van der Waals surface area (Å²) in [6.45, 7) is 0. The molecule has 2 aliphatic carbocycles. The third kappa shape index (κ3) is 0.543. The molecule has 1 heterocycles. The van der Waals surface area contributed by atoms with Crippen LogP contribution in [0.3, 0.4) is 0 Å². The average molecular weight is 164 g/mol. The van der Waals surface area contributed by atoms with E-state index in [0.717, 1.165) is 6.42 Å². The Kier molecular flexibility index (Phi) is 0.953. The molecule has 0 spiro atoms. The third-order valence-corrected chi connectivity index (χ3v) is 3.20. The highest BCUT2D eigenvalue weighted by Gasteiger charge is 2.57. The number of carbonyl (C=O) groups is 2. The van der Waals surface area contributed by atoms with Gasteiger partial charge in [-0.2, -0.15) is 0 Å². The lowest BCUT2D eigenvalue weighted by Gasteiger charge is -2.12. The molecule has 1 aliphatic heterocycles. The van der Waals surface area contributed by atoms with E-state index in [0.29, 0.717) is 0 Å². The lowest BCUT2D eigenvalue weighted by molar-refractivity contribution is -0.154. The van der Waals surface area contributed by atoms with Crippen LogP contribution in [0.2, 0.25) is 0 Å². The molecule has 0 radical (unpaired) electrons. The third-order valence-electron chi connectivity index (χ3n) is 3.20. The van der Waals surface area contributed by atoms with E-state index in [-0.39, 0.29) is 35.6 Å². The fourth-order valence-corrected chi connectivity index (χ4v) is 2.70. The quantitative estimate of drug-likeness (QED) is 0.297. The van der Waals surface area contributed by atoms with Gasteiger partial charge < -0.3 is 4.74 Å². The zero-order chi connectivity index (χ0) is 8.29. The van der Waals surface area contributed by atoms with E-state index in [4.69, 9.17) is 0 Å². The maximum atomic E-state index is 11.2. The molecule has 3 aliphatic rings. The Morgan fingerprint density at radius 2 is 1.58 bits per heavy atom. The minimum Gasteiger partial charge on any atom is -0.393 e. The van der Waals surface area contributed by atoms with Crippen LogP contribution in [0.1, 0.15) is 6.42 Å². The molecule has 12 heavy (non-hydrogen) atoms. The van der Waals surface area contributed by atoms with Crippen molar-refractivity contribution in [2.45, 2.75) is 6.42 Å². The van der Waals surface area contributed by atoms with Gasteiger partial charge in [0, 0.05) is 0 Å². The van der Waals surface area contributed by atoms with E-state index in [2.05, 4.69) is 4.74 Å². The standard InChI is InChI=1S/C9H8O3/c10-8-6-4-1-2-5(3-4)7(6)9(11)12-8/h1-2,4-7H,3H2/t4-,5?,6-,7-/m0/s1. The van der Waals surface area contributed by atoms with Crippen LogP contribution in [0.5, 0.6) is 0 Å². The van der Waals surface area contributed by atoms with Crippen LogP contribution in [0.15, 0.2) is 12.2 Å². The molecule has 0 amide bonds. The monoisotopic (exact) mass is 164 g/mol. The summed E-state index contributed by atoms with van der Waals surface area (Å²) in [4.78, 5) is 22.4. The normalized spacial score (nSPS) is 48.3. The van der Waals surface area contributed by atoms with Crippen molar-refractivity contribution in [3.8, 4) is 0 Å². The SMILES string of the molecule is O=C1OC(=O)[C@H]2C3C=C[C@@H](C3)[C@H]12. The molecule has 2 fully saturated rings. The van der Waals surface area contributed by atoms with Crippen molar-refractivity contribution in [2.24, 2.45) is 23.7 Å². The summed E-state index contributed by atoms with van der Waals surface area (Å²) in [5.74, 6) is -0.346. The number of hydrogen-bond donors (Lipinski definition) is 0. The molecule has 3 nitrogen and oxygen atoms in total. The molecule has 0 aromatic carbocycles. The van der Waals surface area contributed by atoms with E-state index < -0.39 is 0 Å². The Bertz CT molecular complexity index is 277. The number of cyclic esters (lactones) is 2. The topological polar surface area (TPSA) is 43.4 Å². The molecular weight excluding hydrogens is 156 g/mol. The first-order chi connectivity index (χ1) is 5.77. The summed E-state index contributed by atoms with van der Waals surface area (Å²) in [6, 6.07) is 0. The Morgan fingerprint density at radius 1 is 1.08 bits per heavy atom. The zero-order valence-electron chi connectivity index (χ0n) is 6.40. The summed E-state index contributed by atoms with van der Waals surface area (Å²) in [5.41, 5.74) is 0. The number of ether oxygens (including phenoxy) is 1. The Labute approximate surface area is 69.4 Å². The number of carbonyl (C=O) groups excluding carboxylic acids is 2. The summed E-state index contributed by atoms with van der Waals surface area (Å²) in [6.07, 6.45) is 5.06. The van der Waals surface area contributed by atoms with E-state index in [1.54, 1.807) is 0 Å². The van der Waals surface area contributed by atoms with Gasteiger partial charge in [-0.05, 0) is 18.3 Å². The van der Waals surface area contributed by atoms with Crippen molar-refractivity contribution in [1.82, 2.24) is 0 Å². The second kappa shape index (κ2) is 1.79. The minimum absolute atomic E-state index is 0.146. The van der Waals surface area contributed by atoms with E-state index in [1.807, 2.05) is 12.2 Å². The lowest BCUT2D eigenvalue weighted by Crippen LogP contribution is -2.21. The predicted molar refractivity (Wildman–Crippen MR) is 38.8 cm³/mol. The zero-order valence-corrected chi connectivity index (χ0v) is 6.40. The van der Waals surface area contributed by atoms with Gasteiger partial charge in [0.1, 0.15) is 0 Å². The van der Waals surface area contributed by atoms with Gasteiger partial charge in [0.05, 0.1) is 11.8 Å². The first kappa shape index (κ1) is 6.40. The number of fused-ring (bicyclic) bond motifs is 5. The first-order valence-electron chi connectivity index (χ1n) is 4.21. The molecule has 3 heteroatoms. The van der Waals surface area contributed by atoms with Crippen molar-refractivity contribution in [3.05, 3.63) is 12.2 Å². The Hall–Kier alpha value is -1.12. The number of allylic oxidation sites excluding steroid dienone is 2. The van der Waals surface area contributed by atoms with Gasteiger partial charge in [-0.3, -0.25) is 9.59 Å². The molecule has 0 aromatic rings. The van der Waals surface area contributed by atoms with Crippen molar-refractivity contribution in [1.29, 1.82) is 0 Å². The van der Waals surface area contributed by atoms with Crippen LogP contribution in [0.25, 0.3) is 0 Å². The van der Waals surface area contributed by atoms with Crippen molar-refractivity contribution < 1.29 is 14.3 Å². The molecule has 62 valence electrons. The maximum Gasteiger partial charge on any atom is 0.318 e. The van der Waals surface area contributed by atoms with Crippen LogP contribution in [0.4, 0.5) is 0 Å². The van der Waals surface area contributed by atoms with Crippen LogP contribution in [-0.4, -0.2) is 11.9 Å². The number of hydrogen-bond acceptors (Lipinski definition) is 3. The summed E-state index contributed by atoms with van der Waals surface area (Å²) >= 11 is 0. The van der Waals surface area contributed by atoms with Gasteiger partial charge in [-0.25, -0.2) is 0 Å². The molecule has 1 saturated carbocycles. The predicted octanol–water partition coefficient (Wildman–Crippen LogP) is 0.508. The lowest BCUT2D eigenvalue weighted by atomic mass is 9.85. The highest BCUT2D eigenvalue weighted by atomic mass is 16.6. The largest absolute Gasteiger partial charge is 0.393 e. The van der Waals surface area contributed by atoms with E-state index >= 15 is 0 Å². The van der Waals surface area contributed by atoms with Crippen LogP contribution in [0, 0.1) is 23.7 Å². The first-order valence-corrected chi connectivity index (χ1v) is 4.21. The Morgan fingerprint density at radius 3 is 2.08 bits per heavy atom. The minimum atomic E-state index is -0.304. The van der Waals surface area contributed by atoms with Gasteiger partial charge in [0.25, 0.3) is 0 Å². The second-order valence-corrected chi connectivity index (χ2v) is 3.74. The van der Waals surface area contributed by atoms with Crippen LogP contribution < -0.4 is 0 Å². The molecule has 4 atom stereocenters. The van der Waals surface area contributed by atoms with Gasteiger partial charge in [-0.15, -0.1) is 0 Å². The fraction of sp³-hybridized carbons (Fsp3) is 0.556. The van der Waals surface area contributed by atoms with Gasteiger partial charge in [0.2, 0.25) is 0 Å². The van der Waals surface area contributed by atoms with Gasteiger partial charge in [0.15, 0.2) is 0 Å². The summed E-state index contributed by atoms with van der Waals surface area (Å²) in [5, 5.41) is 0. The van der Waals surface area contributed by atoms with Crippen molar-refractivity contribution >= 4 is 11.9 Å². The van der Waals surface area contributed by atoms with Gasteiger partial charge in [-0.1, -0.05) is 12.2 Å². The molecule has 0 aromatic heterocycles. The maximum absolute atomic E-state index is 11.2. The Balaban J connectivity index is 2.08. The van der Waals surface area contributed by atoms with Crippen molar-refractivity contribution in [2.75, 3.05) is 0 Å². The molecular formula is C9H8O3. The molecule has 2 bridgehead atoms. The number of rotatable bonds is 0. The smallest absolute Gasteiger partial charge is 0.318 e. The number of esters is 2. The van der Waals surface area contributed by atoms with Crippen LogP contribution >= 0.6 is 0 Å². The summed E-state index contributed by atoms with van der Waals surface area (Å²) < 4.78 is 4.59. The van der Waals surface area contributed by atoms with Gasteiger partial charge >= 0.3 is 11.9 Å².